The Morgan fingerprint density at radius 2 is 1.71 bits per heavy atom. The normalized spacial score (nSPS) is 23.4. The van der Waals surface area contributed by atoms with Crippen LogP contribution in [0.5, 0.6) is 0 Å². The first-order valence-corrected chi connectivity index (χ1v) is 14.1. The van der Waals surface area contributed by atoms with Gasteiger partial charge in [-0.05, 0) is 54.6 Å². The minimum atomic E-state index is -4.49. The van der Waals surface area contributed by atoms with Crippen LogP contribution >= 0.6 is 0 Å². The van der Waals surface area contributed by atoms with Gasteiger partial charge in [0, 0.05) is 34.3 Å². The molecular formula is C31H43F3N2O2. The van der Waals surface area contributed by atoms with Gasteiger partial charge < -0.3 is 9.84 Å². The molecule has 210 valence electrons. The molecule has 1 aliphatic heterocycles. The molecule has 1 N–H and O–H groups in total. The molecule has 2 atom stereocenters. The van der Waals surface area contributed by atoms with Gasteiger partial charge in [-0.2, -0.15) is 13.2 Å². The van der Waals surface area contributed by atoms with Gasteiger partial charge in [0.15, 0.2) is 0 Å². The second-order valence-electron chi connectivity index (χ2n) is 12.8. The van der Waals surface area contributed by atoms with Gasteiger partial charge in [0.25, 0.3) is 0 Å². The van der Waals surface area contributed by atoms with Crippen LogP contribution in [0.4, 0.5) is 13.2 Å². The summed E-state index contributed by atoms with van der Waals surface area (Å²) in [5, 5.41) is 11.3. The summed E-state index contributed by atoms with van der Waals surface area (Å²) in [4.78, 5) is 8.78. The summed E-state index contributed by atoms with van der Waals surface area (Å²) in [5.41, 5.74) is 3.87. The number of aliphatic hydroxyl groups is 1. The third-order valence-corrected chi connectivity index (χ3v) is 8.32. The Hall–Kier alpha value is -1.99. The zero-order valence-electron chi connectivity index (χ0n) is 23.9. The second-order valence-corrected chi connectivity index (χ2v) is 12.8. The summed E-state index contributed by atoms with van der Waals surface area (Å²) in [6.07, 6.45) is 2.10. The fourth-order valence-electron chi connectivity index (χ4n) is 6.14. The van der Waals surface area contributed by atoms with E-state index in [1.54, 1.807) is 0 Å². The molecule has 2 aromatic rings. The summed E-state index contributed by atoms with van der Waals surface area (Å²) >= 11 is 0. The minimum absolute atomic E-state index is 0.0546. The number of alkyl halides is 3. The molecule has 2 aliphatic carbocycles. The number of hydrogen-bond acceptors (Lipinski definition) is 4. The van der Waals surface area contributed by atoms with Crippen molar-refractivity contribution >= 4 is 0 Å². The van der Waals surface area contributed by atoms with E-state index in [9.17, 15) is 18.3 Å². The first-order chi connectivity index (χ1) is 17.7. The molecule has 7 heteroatoms. The van der Waals surface area contributed by atoms with Gasteiger partial charge in [-0.25, -0.2) is 0 Å². The number of pyridine rings is 2. The van der Waals surface area contributed by atoms with E-state index in [0.29, 0.717) is 12.0 Å². The van der Waals surface area contributed by atoms with E-state index in [-0.39, 0.29) is 11.3 Å². The topological polar surface area (TPSA) is 55.2 Å². The van der Waals surface area contributed by atoms with Gasteiger partial charge in [-0.1, -0.05) is 73.8 Å². The van der Waals surface area contributed by atoms with E-state index in [4.69, 9.17) is 9.72 Å². The summed E-state index contributed by atoms with van der Waals surface area (Å²) in [6.45, 7) is 15.1. The summed E-state index contributed by atoms with van der Waals surface area (Å²) < 4.78 is 46.1. The van der Waals surface area contributed by atoms with E-state index < -0.39 is 29.7 Å². The van der Waals surface area contributed by atoms with Crippen LogP contribution in [-0.4, -0.2) is 15.1 Å². The third kappa shape index (κ3) is 5.51. The Labute approximate surface area is 225 Å². The van der Waals surface area contributed by atoms with E-state index in [1.165, 1.54) is 18.7 Å². The second kappa shape index (κ2) is 10.5. The van der Waals surface area contributed by atoms with Crippen molar-refractivity contribution in [3.05, 3.63) is 57.7 Å². The van der Waals surface area contributed by atoms with Crippen molar-refractivity contribution in [1.82, 2.24) is 9.97 Å². The van der Waals surface area contributed by atoms with Crippen LogP contribution in [0.1, 0.15) is 144 Å². The lowest BCUT2D eigenvalue weighted by Crippen LogP contribution is -2.32. The molecule has 2 unspecified atom stereocenters. The van der Waals surface area contributed by atoms with E-state index in [1.807, 2.05) is 0 Å². The van der Waals surface area contributed by atoms with Gasteiger partial charge >= 0.3 is 6.18 Å². The maximum absolute atomic E-state index is 13.1. The third-order valence-electron chi connectivity index (χ3n) is 8.32. The van der Waals surface area contributed by atoms with E-state index >= 15 is 0 Å². The molecule has 38 heavy (non-hydrogen) atoms. The zero-order chi connectivity index (χ0) is 28.0. The van der Waals surface area contributed by atoms with Gasteiger partial charge in [0.2, 0.25) is 0 Å². The molecule has 0 radical (unpaired) electrons. The Bertz CT molecular complexity index is 1130. The molecule has 0 saturated heterocycles. The van der Waals surface area contributed by atoms with Crippen LogP contribution in [0.2, 0.25) is 0 Å². The average Bonchev–Trinajstić information content (AvgIpc) is 3.43. The summed E-state index contributed by atoms with van der Waals surface area (Å²) in [7, 11) is 0. The van der Waals surface area contributed by atoms with Gasteiger partial charge in [-0.3, -0.25) is 9.97 Å². The number of ether oxygens (including phenoxy) is 1. The van der Waals surface area contributed by atoms with E-state index in [0.717, 1.165) is 72.2 Å². The van der Waals surface area contributed by atoms with Crippen molar-refractivity contribution in [3.63, 3.8) is 0 Å². The maximum Gasteiger partial charge on any atom is 0.433 e. The Morgan fingerprint density at radius 3 is 2.21 bits per heavy atom. The predicted molar refractivity (Wildman–Crippen MR) is 143 cm³/mol. The van der Waals surface area contributed by atoms with Crippen LogP contribution in [0.3, 0.4) is 0 Å². The highest BCUT2D eigenvalue weighted by atomic mass is 19.4. The standard InChI is InChI=1S/C26H31F3N2O2.C5H12/c1-14(2)22-20-21(19-16(31-22)11-24(3,4)12-17(19)32)25(9-5-6-10-25)33-23(20)15-7-8-18(30-13-15)26(27,28)29;1-4-5(2)3/h7-8,13-14,17,23,32H,5-6,9-12H2,1-4H3;5H,4H2,1-3H3. The first kappa shape index (κ1) is 29.0. The minimum Gasteiger partial charge on any atom is -0.388 e. The number of halogens is 3. The van der Waals surface area contributed by atoms with Crippen LogP contribution in [0.15, 0.2) is 18.3 Å². The summed E-state index contributed by atoms with van der Waals surface area (Å²) in [6, 6.07) is 2.50. The molecule has 4 nitrogen and oxygen atoms in total. The van der Waals surface area contributed by atoms with Gasteiger partial charge in [0.1, 0.15) is 11.8 Å². The average molecular weight is 533 g/mol. The molecule has 1 fully saturated rings. The first-order valence-electron chi connectivity index (χ1n) is 14.1. The molecule has 0 bridgehead atoms. The lowest BCUT2D eigenvalue weighted by atomic mass is 9.70. The lowest BCUT2D eigenvalue weighted by Gasteiger charge is -2.38. The number of rotatable bonds is 3. The highest BCUT2D eigenvalue weighted by Gasteiger charge is 2.52. The van der Waals surface area contributed by atoms with Gasteiger partial charge in [-0.15, -0.1) is 0 Å². The molecule has 2 aromatic heterocycles. The Balaban J connectivity index is 0.000000617. The Kier molecular flexibility index (Phi) is 8.04. The molecule has 0 aromatic carbocycles. The van der Waals surface area contributed by atoms with Crippen LogP contribution in [-0.2, 0) is 22.9 Å². The highest BCUT2D eigenvalue weighted by Crippen LogP contribution is 2.59. The molecule has 3 heterocycles. The van der Waals surface area contributed by atoms with Crippen molar-refractivity contribution in [2.45, 2.75) is 123 Å². The van der Waals surface area contributed by atoms with Crippen LogP contribution in [0, 0.1) is 11.3 Å². The highest BCUT2D eigenvalue weighted by molar-refractivity contribution is 5.54. The number of hydrogen-bond donors (Lipinski definition) is 1. The largest absolute Gasteiger partial charge is 0.433 e. The molecule has 1 spiro atoms. The smallest absolute Gasteiger partial charge is 0.388 e. The maximum atomic E-state index is 13.1. The van der Waals surface area contributed by atoms with Crippen molar-refractivity contribution in [3.8, 4) is 0 Å². The number of aromatic nitrogens is 2. The zero-order valence-corrected chi connectivity index (χ0v) is 23.9. The lowest BCUT2D eigenvalue weighted by molar-refractivity contribution is -0.141. The van der Waals surface area contributed by atoms with E-state index in [2.05, 4.69) is 53.5 Å². The SMILES string of the molecule is CC(C)c1nc2c(c3c1C(c1ccc(C(F)(F)F)nc1)OC31CCCC1)C(O)CC(C)(C)C2.CCC(C)C. The molecule has 1 saturated carbocycles. The molecular weight excluding hydrogens is 489 g/mol. The molecule has 5 rings (SSSR count). The molecule has 0 amide bonds. The fraction of sp³-hybridized carbons (Fsp3) is 0.677. The van der Waals surface area contributed by atoms with Gasteiger partial charge in [0.05, 0.1) is 11.7 Å². The van der Waals surface area contributed by atoms with Crippen LogP contribution < -0.4 is 0 Å². The Morgan fingerprint density at radius 1 is 1.08 bits per heavy atom. The van der Waals surface area contributed by atoms with Crippen molar-refractivity contribution in [1.29, 1.82) is 0 Å². The monoisotopic (exact) mass is 532 g/mol. The number of aliphatic hydroxyl groups excluding tert-OH is 1. The number of nitrogens with zero attached hydrogens (tertiary/aromatic N) is 2. The van der Waals surface area contributed by atoms with Crippen molar-refractivity contribution in [2.75, 3.05) is 0 Å². The quantitative estimate of drug-likeness (QED) is 0.430. The van der Waals surface area contributed by atoms with Crippen LogP contribution in [0.25, 0.3) is 0 Å². The van der Waals surface area contributed by atoms with Crippen molar-refractivity contribution in [2.24, 2.45) is 11.3 Å². The molecule has 3 aliphatic rings. The summed E-state index contributed by atoms with van der Waals surface area (Å²) in [5.74, 6) is 0.992. The van der Waals surface area contributed by atoms with Crippen molar-refractivity contribution < 1.29 is 23.0 Å². The fourth-order valence-corrected chi connectivity index (χ4v) is 6.14. The number of fused-ring (bicyclic) bond motifs is 4. The predicted octanol–water partition coefficient (Wildman–Crippen LogP) is 8.57.